The highest BCUT2D eigenvalue weighted by atomic mass is 35.5. The van der Waals surface area contributed by atoms with Gasteiger partial charge in [-0.1, -0.05) is 11.3 Å². The second kappa shape index (κ2) is 3.64. The van der Waals surface area contributed by atoms with Crippen LogP contribution < -0.4 is 4.90 Å². The van der Waals surface area contributed by atoms with E-state index >= 15 is 0 Å². The molecule has 0 saturated carbocycles. The van der Waals surface area contributed by atoms with Crippen molar-refractivity contribution in [2.45, 2.75) is 0 Å². The van der Waals surface area contributed by atoms with Crippen LogP contribution in [0.5, 0.6) is 0 Å². The zero-order valence-electron chi connectivity index (χ0n) is 6.15. The molecule has 0 aliphatic heterocycles. The van der Waals surface area contributed by atoms with Crippen LogP contribution in [0.1, 0.15) is 9.67 Å². The smallest absolute Gasteiger partial charge is 0.297 e. The number of thiazole rings is 1. The molecule has 0 atom stereocenters. The van der Waals surface area contributed by atoms with E-state index in [0.717, 1.165) is 11.3 Å². The fraction of sp³-hybridized carbons (Fsp3) is 0.167. The van der Waals surface area contributed by atoms with Crippen molar-refractivity contribution in [3.05, 3.63) is 11.1 Å². The van der Waals surface area contributed by atoms with E-state index in [0.29, 0.717) is 16.3 Å². The SMILES string of the molecule is CN(C(=O)Cl)c1ncc(C=O)s1. The number of hydrogen-bond donors (Lipinski definition) is 0. The highest BCUT2D eigenvalue weighted by Gasteiger charge is 2.11. The Kier molecular flexibility index (Phi) is 2.78. The minimum absolute atomic E-state index is 0.414. The van der Waals surface area contributed by atoms with Crippen molar-refractivity contribution in [2.24, 2.45) is 0 Å². The van der Waals surface area contributed by atoms with Crippen molar-refractivity contribution in [1.29, 1.82) is 0 Å². The van der Waals surface area contributed by atoms with Crippen molar-refractivity contribution >= 4 is 39.7 Å². The molecular weight excluding hydrogens is 200 g/mol. The van der Waals surface area contributed by atoms with Gasteiger partial charge in [0, 0.05) is 7.05 Å². The Hall–Kier alpha value is -0.940. The van der Waals surface area contributed by atoms with Crippen molar-refractivity contribution in [2.75, 3.05) is 11.9 Å². The third-order valence-corrected chi connectivity index (χ3v) is 2.43. The number of carbonyl (C=O) groups is 2. The first kappa shape index (κ1) is 9.15. The summed E-state index contributed by atoms with van der Waals surface area (Å²) in [4.78, 5) is 26.3. The zero-order chi connectivity index (χ0) is 9.14. The van der Waals surface area contributed by atoms with Crippen LogP contribution in [-0.2, 0) is 0 Å². The number of anilines is 1. The van der Waals surface area contributed by atoms with Gasteiger partial charge in [0.2, 0.25) is 0 Å². The molecule has 6 heteroatoms. The van der Waals surface area contributed by atoms with Crippen LogP contribution in [0.25, 0.3) is 0 Å². The van der Waals surface area contributed by atoms with Crippen molar-refractivity contribution < 1.29 is 9.59 Å². The van der Waals surface area contributed by atoms with Crippen LogP contribution in [0.3, 0.4) is 0 Å². The third-order valence-electron chi connectivity index (χ3n) is 1.18. The Labute approximate surface area is 77.8 Å². The quantitative estimate of drug-likeness (QED) is 0.419. The molecule has 0 fully saturated rings. The van der Waals surface area contributed by atoms with E-state index in [-0.39, 0.29) is 0 Å². The summed E-state index contributed by atoms with van der Waals surface area (Å²) in [6.07, 6.45) is 2.07. The molecule has 0 aliphatic rings. The number of carbonyl (C=O) groups excluding carboxylic acids is 2. The molecule has 0 bridgehead atoms. The van der Waals surface area contributed by atoms with Crippen LogP contribution in [0.2, 0.25) is 0 Å². The molecular formula is C6H5ClN2O2S. The number of halogens is 1. The van der Waals surface area contributed by atoms with E-state index in [1.54, 1.807) is 0 Å². The van der Waals surface area contributed by atoms with Crippen LogP contribution in [0.4, 0.5) is 9.93 Å². The lowest BCUT2D eigenvalue weighted by atomic mass is 10.6. The summed E-state index contributed by atoms with van der Waals surface area (Å²) in [6.45, 7) is 0. The number of aldehydes is 1. The third kappa shape index (κ3) is 1.80. The minimum atomic E-state index is -0.623. The van der Waals surface area contributed by atoms with E-state index in [2.05, 4.69) is 4.98 Å². The van der Waals surface area contributed by atoms with E-state index < -0.39 is 5.37 Å². The van der Waals surface area contributed by atoms with Gasteiger partial charge in [0.15, 0.2) is 11.4 Å². The van der Waals surface area contributed by atoms with Crippen LogP contribution in [-0.4, -0.2) is 23.7 Å². The van der Waals surface area contributed by atoms with Gasteiger partial charge in [0.1, 0.15) is 0 Å². The number of rotatable bonds is 2. The molecule has 1 amide bonds. The fourth-order valence-corrected chi connectivity index (χ4v) is 1.38. The highest BCUT2D eigenvalue weighted by molar-refractivity contribution is 7.17. The van der Waals surface area contributed by atoms with Gasteiger partial charge in [-0.2, -0.15) is 0 Å². The largest absolute Gasteiger partial charge is 0.322 e. The topological polar surface area (TPSA) is 50.3 Å². The summed E-state index contributed by atoms with van der Waals surface area (Å²) >= 11 is 6.29. The predicted molar refractivity (Wildman–Crippen MR) is 47.2 cm³/mol. The molecule has 0 saturated heterocycles. The summed E-state index contributed by atoms with van der Waals surface area (Å²) in [5, 5.41) is -0.209. The maximum absolute atomic E-state index is 10.6. The minimum Gasteiger partial charge on any atom is -0.297 e. The zero-order valence-corrected chi connectivity index (χ0v) is 7.72. The Bertz CT molecular complexity index is 312. The second-order valence-electron chi connectivity index (χ2n) is 1.98. The molecule has 1 rings (SSSR count). The van der Waals surface area contributed by atoms with Crippen molar-refractivity contribution in [3.63, 3.8) is 0 Å². The molecule has 0 spiro atoms. The van der Waals surface area contributed by atoms with Crippen molar-refractivity contribution in [3.8, 4) is 0 Å². The first-order valence-electron chi connectivity index (χ1n) is 2.99. The molecule has 1 aromatic heterocycles. The Morgan fingerprint density at radius 3 is 2.92 bits per heavy atom. The van der Waals surface area contributed by atoms with E-state index in [9.17, 15) is 9.59 Å². The molecule has 12 heavy (non-hydrogen) atoms. The number of aromatic nitrogens is 1. The predicted octanol–water partition coefficient (Wildman–Crippen LogP) is 1.75. The Balaban J connectivity index is 2.88. The molecule has 4 nitrogen and oxygen atoms in total. The van der Waals surface area contributed by atoms with Gasteiger partial charge in [0.05, 0.1) is 11.1 Å². The maximum atomic E-state index is 10.6. The molecule has 0 aliphatic carbocycles. The van der Waals surface area contributed by atoms with Gasteiger partial charge in [-0.15, -0.1) is 0 Å². The summed E-state index contributed by atoms with van der Waals surface area (Å²) in [5.41, 5.74) is 0. The first-order chi connectivity index (χ1) is 5.65. The van der Waals surface area contributed by atoms with Gasteiger partial charge in [0.25, 0.3) is 0 Å². The van der Waals surface area contributed by atoms with Gasteiger partial charge < -0.3 is 0 Å². The van der Waals surface area contributed by atoms with E-state index in [1.807, 2.05) is 0 Å². The maximum Gasteiger partial charge on any atom is 0.322 e. The molecule has 64 valence electrons. The van der Waals surface area contributed by atoms with Gasteiger partial charge in [-0.3, -0.25) is 14.5 Å². The van der Waals surface area contributed by atoms with E-state index in [1.165, 1.54) is 18.1 Å². The normalized spacial score (nSPS) is 9.50. The van der Waals surface area contributed by atoms with Crippen LogP contribution >= 0.6 is 22.9 Å². The van der Waals surface area contributed by atoms with Crippen LogP contribution in [0, 0.1) is 0 Å². The lowest BCUT2D eigenvalue weighted by Gasteiger charge is -2.06. The summed E-state index contributed by atoms with van der Waals surface area (Å²) in [7, 11) is 1.49. The van der Waals surface area contributed by atoms with Crippen molar-refractivity contribution in [1.82, 2.24) is 4.98 Å². The monoisotopic (exact) mass is 204 g/mol. The standard InChI is InChI=1S/C6H5ClN2O2S/c1-9(5(7)11)6-8-2-4(3-10)12-6/h2-3H,1H3. The molecule has 0 N–H and O–H groups in total. The van der Waals surface area contributed by atoms with Gasteiger partial charge in [-0.25, -0.2) is 4.98 Å². The molecule has 1 aromatic rings. The summed E-state index contributed by atoms with van der Waals surface area (Å²) in [6, 6.07) is 0. The van der Waals surface area contributed by atoms with E-state index in [4.69, 9.17) is 11.6 Å². The second-order valence-corrected chi connectivity index (χ2v) is 3.34. The fourth-order valence-electron chi connectivity index (χ4n) is 0.562. The lowest BCUT2D eigenvalue weighted by molar-refractivity contribution is 0.112. The molecule has 0 aromatic carbocycles. The first-order valence-corrected chi connectivity index (χ1v) is 4.19. The highest BCUT2D eigenvalue weighted by Crippen LogP contribution is 2.20. The summed E-state index contributed by atoms with van der Waals surface area (Å²) in [5.74, 6) is 0. The lowest BCUT2D eigenvalue weighted by Crippen LogP contribution is -2.18. The number of amides is 1. The van der Waals surface area contributed by atoms with Gasteiger partial charge in [-0.05, 0) is 11.6 Å². The van der Waals surface area contributed by atoms with Crippen LogP contribution in [0.15, 0.2) is 6.20 Å². The number of nitrogens with zero attached hydrogens (tertiary/aromatic N) is 2. The average molecular weight is 205 g/mol. The van der Waals surface area contributed by atoms with Gasteiger partial charge >= 0.3 is 5.37 Å². The number of hydrogen-bond acceptors (Lipinski definition) is 4. The average Bonchev–Trinajstić information content (AvgIpc) is 2.50. The Morgan fingerprint density at radius 2 is 2.50 bits per heavy atom. The molecule has 0 radical (unpaired) electrons. The molecule has 0 unspecified atom stereocenters. The Morgan fingerprint density at radius 1 is 1.83 bits per heavy atom. The molecule has 1 heterocycles. The summed E-state index contributed by atoms with van der Waals surface area (Å²) < 4.78 is 0.